The van der Waals surface area contributed by atoms with Gasteiger partial charge in [-0.2, -0.15) is 0 Å². The summed E-state index contributed by atoms with van der Waals surface area (Å²) in [6, 6.07) is 16.9. The van der Waals surface area contributed by atoms with Gasteiger partial charge in [0.2, 0.25) is 0 Å². The molecule has 5 heteroatoms. The first kappa shape index (κ1) is 19.7. The Morgan fingerprint density at radius 2 is 1.86 bits per heavy atom. The average molecular weight is 375 g/mol. The molecule has 0 aliphatic carbocycles. The average Bonchev–Trinajstić information content (AvgIpc) is 2.74. The second-order valence-corrected chi connectivity index (χ2v) is 6.77. The molecule has 1 amide bonds. The van der Waals surface area contributed by atoms with Gasteiger partial charge in [-0.15, -0.1) is 0 Å². The number of pyridine rings is 2. The largest absolute Gasteiger partial charge is 0.394 e. The van der Waals surface area contributed by atoms with E-state index in [1.807, 2.05) is 68.4 Å². The number of carbonyl (C=O) groups excluding carboxylic acids is 1. The lowest BCUT2D eigenvalue weighted by atomic mass is 10.0. The molecule has 1 unspecified atom stereocenters. The lowest BCUT2D eigenvalue weighted by Gasteiger charge is -2.30. The molecule has 3 aromatic rings. The van der Waals surface area contributed by atoms with Crippen LogP contribution in [0, 0.1) is 6.92 Å². The summed E-state index contributed by atoms with van der Waals surface area (Å²) in [4.78, 5) is 23.6. The summed E-state index contributed by atoms with van der Waals surface area (Å²) in [5.41, 5.74) is 4.30. The van der Waals surface area contributed by atoms with Gasteiger partial charge in [-0.25, -0.2) is 0 Å². The number of aromatic nitrogens is 2. The maximum Gasteiger partial charge on any atom is 0.254 e. The molecule has 3 rings (SSSR count). The number of aliphatic hydroxyl groups is 1. The maximum absolute atomic E-state index is 13.3. The van der Waals surface area contributed by atoms with Crippen LogP contribution in [-0.2, 0) is 6.54 Å². The first-order valence-corrected chi connectivity index (χ1v) is 9.47. The van der Waals surface area contributed by atoms with E-state index in [0.29, 0.717) is 18.5 Å². The SMILES string of the molecule is CCC(CO)N(Cc1ccccn1)C(=O)c1cccc(-c2ccnc(C)c2)c1. The fourth-order valence-corrected chi connectivity index (χ4v) is 3.20. The summed E-state index contributed by atoms with van der Waals surface area (Å²) < 4.78 is 0. The van der Waals surface area contributed by atoms with Gasteiger partial charge in [0, 0.05) is 23.7 Å². The van der Waals surface area contributed by atoms with Crippen LogP contribution < -0.4 is 0 Å². The fraction of sp³-hybridized carbons (Fsp3) is 0.261. The molecule has 5 nitrogen and oxygen atoms in total. The molecular formula is C23H25N3O2. The van der Waals surface area contributed by atoms with Crippen LogP contribution in [0.5, 0.6) is 0 Å². The first-order chi connectivity index (χ1) is 13.6. The van der Waals surface area contributed by atoms with Crippen molar-refractivity contribution in [3.63, 3.8) is 0 Å². The summed E-state index contributed by atoms with van der Waals surface area (Å²) in [5, 5.41) is 9.81. The molecule has 0 fully saturated rings. The Morgan fingerprint density at radius 1 is 1.04 bits per heavy atom. The predicted octanol–water partition coefficient (Wildman–Crippen LogP) is 3.87. The highest BCUT2D eigenvalue weighted by atomic mass is 16.3. The minimum atomic E-state index is -0.263. The molecule has 1 aromatic carbocycles. The minimum Gasteiger partial charge on any atom is -0.394 e. The predicted molar refractivity (Wildman–Crippen MR) is 110 cm³/mol. The molecule has 0 aliphatic heterocycles. The third-order valence-corrected chi connectivity index (χ3v) is 4.78. The van der Waals surface area contributed by atoms with Crippen molar-refractivity contribution in [2.24, 2.45) is 0 Å². The Morgan fingerprint density at radius 3 is 2.54 bits per heavy atom. The topological polar surface area (TPSA) is 66.3 Å². The van der Waals surface area contributed by atoms with Crippen molar-refractivity contribution in [1.82, 2.24) is 14.9 Å². The van der Waals surface area contributed by atoms with Crippen molar-refractivity contribution < 1.29 is 9.90 Å². The molecule has 1 N–H and O–H groups in total. The smallest absolute Gasteiger partial charge is 0.254 e. The molecule has 0 saturated carbocycles. The molecule has 144 valence electrons. The van der Waals surface area contributed by atoms with E-state index in [2.05, 4.69) is 9.97 Å². The number of hydrogen-bond donors (Lipinski definition) is 1. The van der Waals surface area contributed by atoms with E-state index in [0.717, 1.165) is 22.5 Å². The third kappa shape index (κ3) is 4.61. The van der Waals surface area contributed by atoms with Gasteiger partial charge in [-0.05, 0) is 60.9 Å². The summed E-state index contributed by atoms with van der Waals surface area (Å²) in [6.45, 7) is 4.19. The van der Waals surface area contributed by atoms with E-state index >= 15 is 0 Å². The molecule has 28 heavy (non-hydrogen) atoms. The highest BCUT2D eigenvalue weighted by Gasteiger charge is 2.24. The van der Waals surface area contributed by atoms with Gasteiger partial charge in [0.15, 0.2) is 0 Å². The van der Waals surface area contributed by atoms with Crippen LogP contribution in [0.1, 0.15) is 35.1 Å². The number of aliphatic hydroxyl groups excluding tert-OH is 1. The van der Waals surface area contributed by atoms with Gasteiger partial charge in [-0.3, -0.25) is 14.8 Å². The van der Waals surface area contributed by atoms with Crippen molar-refractivity contribution >= 4 is 5.91 Å². The maximum atomic E-state index is 13.3. The summed E-state index contributed by atoms with van der Waals surface area (Å²) in [5.74, 6) is -0.112. The molecule has 0 saturated heterocycles. The molecule has 2 aromatic heterocycles. The van der Waals surface area contributed by atoms with Crippen molar-refractivity contribution in [2.45, 2.75) is 32.9 Å². The quantitative estimate of drug-likeness (QED) is 0.681. The van der Waals surface area contributed by atoms with Gasteiger partial charge in [-0.1, -0.05) is 25.1 Å². The van der Waals surface area contributed by atoms with Crippen LogP contribution in [0.25, 0.3) is 11.1 Å². The fourth-order valence-electron chi connectivity index (χ4n) is 3.20. The van der Waals surface area contributed by atoms with Crippen LogP contribution in [0.3, 0.4) is 0 Å². The Balaban J connectivity index is 1.93. The second-order valence-electron chi connectivity index (χ2n) is 6.77. The third-order valence-electron chi connectivity index (χ3n) is 4.78. The first-order valence-electron chi connectivity index (χ1n) is 9.47. The Labute approximate surface area is 165 Å². The summed E-state index contributed by atoms with van der Waals surface area (Å²) >= 11 is 0. The Bertz CT molecular complexity index is 924. The monoisotopic (exact) mass is 375 g/mol. The standard InChI is InChI=1S/C23H25N3O2/c1-3-22(16-27)26(15-21-9-4-5-11-25-21)23(28)20-8-6-7-18(14-20)19-10-12-24-17(2)13-19/h4-14,22,27H,3,15-16H2,1-2H3. The second kappa shape index (κ2) is 9.24. The number of carbonyl (C=O) groups is 1. The van der Waals surface area contributed by atoms with Gasteiger partial charge < -0.3 is 10.0 Å². The minimum absolute atomic E-state index is 0.0850. The van der Waals surface area contributed by atoms with E-state index in [1.165, 1.54) is 0 Å². The summed E-state index contributed by atoms with van der Waals surface area (Å²) in [6.07, 6.45) is 4.15. The van der Waals surface area contributed by atoms with E-state index in [-0.39, 0.29) is 18.6 Å². The highest BCUT2D eigenvalue weighted by molar-refractivity contribution is 5.95. The van der Waals surface area contributed by atoms with E-state index < -0.39 is 0 Å². The lowest BCUT2D eigenvalue weighted by molar-refractivity contribution is 0.0560. The number of benzene rings is 1. The Hall–Kier alpha value is -3.05. The summed E-state index contributed by atoms with van der Waals surface area (Å²) in [7, 11) is 0. The van der Waals surface area contributed by atoms with Crippen LogP contribution in [0.4, 0.5) is 0 Å². The lowest BCUT2D eigenvalue weighted by Crippen LogP contribution is -2.41. The molecular weight excluding hydrogens is 350 g/mol. The molecule has 0 spiro atoms. The number of nitrogens with zero attached hydrogens (tertiary/aromatic N) is 3. The zero-order valence-electron chi connectivity index (χ0n) is 16.2. The normalized spacial score (nSPS) is 11.8. The molecule has 2 heterocycles. The van der Waals surface area contributed by atoms with Gasteiger partial charge in [0.1, 0.15) is 0 Å². The zero-order valence-corrected chi connectivity index (χ0v) is 16.2. The van der Waals surface area contributed by atoms with Crippen LogP contribution in [0.15, 0.2) is 67.0 Å². The number of hydrogen-bond acceptors (Lipinski definition) is 4. The number of amides is 1. The van der Waals surface area contributed by atoms with Gasteiger partial charge >= 0.3 is 0 Å². The zero-order chi connectivity index (χ0) is 19.9. The van der Waals surface area contributed by atoms with Crippen molar-refractivity contribution in [2.75, 3.05) is 6.61 Å². The van der Waals surface area contributed by atoms with Crippen molar-refractivity contribution in [3.05, 3.63) is 83.9 Å². The van der Waals surface area contributed by atoms with Crippen LogP contribution in [-0.4, -0.2) is 38.5 Å². The van der Waals surface area contributed by atoms with Crippen molar-refractivity contribution in [1.29, 1.82) is 0 Å². The Kier molecular flexibility index (Phi) is 6.50. The molecule has 0 radical (unpaired) electrons. The van der Waals surface area contributed by atoms with E-state index in [1.54, 1.807) is 17.3 Å². The molecule has 1 atom stereocenters. The van der Waals surface area contributed by atoms with E-state index in [9.17, 15) is 9.90 Å². The van der Waals surface area contributed by atoms with Crippen molar-refractivity contribution in [3.8, 4) is 11.1 Å². The number of aryl methyl sites for hydroxylation is 1. The highest BCUT2D eigenvalue weighted by Crippen LogP contribution is 2.22. The van der Waals surface area contributed by atoms with Gasteiger partial charge in [0.25, 0.3) is 5.91 Å². The van der Waals surface area contributed by atoms with E-state index in [4.69, 9.17) is 0 Å². The van der Waals surface area contributed by atoms with Crippen LogP contribution in [0.2, 0.25) is 0 Å². The van der Waals surface area contributed by atoms with Crippen LogP contribution >= 0.6 is 0 Å². The van der Waals surface area contributed by atoms with Gasteiger partial charge in [0.05, 0.1) is 24.9 Å². The molecule has 0 bridgehead atoms. The number of rotatable bonds is 7. The molecule has 0 aliphatic rings.